The van der Waals surface area contributed by atoms with E-state index in [9.17, 15) is 0 Å². The molecule has 3 nitrogen and oxygen atoms in total. The summed E-state index contributed by atoms with van der Waals surface area (Å²) in [4.78, 5) is 4.36. The zero-order valence-corrected chi connectivity index (χ0v) is 12.5. The zero-order valence-electron chi connectivity index (χ0n) is 12.5. The van der Waals surface area contributed by atoms with Crippen LogP contribution in [0.4, 0.5) is 0 Å². The summed E-state index contributed by atoms with van der Waals surface area (Å²) in [6, 6.07) is 3.88. The average Bonchev–Trinajstić information content (AvgIpc) is 2.26. The normalized spacial score (nSPS) is 27.8. The van der Waals surface area contributed by atoms with Crippen LogP contribution >= 0.6 is 0 Å². The fourth-order valence-electron chi connectivity index (χ4n) is 3.35. The first-order chi connectivity index (χ1) is 8.87. The molecular formula is C16H26N2O. The monoisotopic (exact) mass is 262 g/mol. The second-order valence-electron chi connectivity index (χ2n) is 6.84. The lowest BCUT2D eigenvalue weighted by Gasteiger charge is -2.38. The Morgan fingerprint density at radius 1 is 1.42 bits per heavy atom. The molecule has 1 aromatic heterocycles. The van der Waals surface area contributed by atoms with Gasteiger partial charge >= 0.3 is 0 Å². The molecule has 19 heavy (non-hydrogen) atoms. The third-order valence-electron chi connectivity index (χ3n) is 3.92. The first kappa shape index (κ1) is 14.3. The van der Waals surface area contributed by atoms with Crippen molar-refractivity contribution in [3.05, 3.63) is 23.9 Å². The lowest BCUT2D eigenvalue weighted by atomic mass is 9.71. The van der Waals surface area contributed by atoms with Crippen molar-refractivity contribution < 1.29 is 4.74 Å². The quantitative estimate of drug-likeness (QED) is 0.903. The lowest BCUT2D eigenvalue weighted by Crippen LogP contribution is -2.34. The van der Waals surface area contributed by atoms with Gasteiger partial charge in [-0.1, -0.05) is 26.8 Å². The second kappa shape index (κ2) is 5.49. The zero-order chi connectivity index (χ0) is 14.0. The van der Waals surface area contributed by atoms with Crippen LogP contribution in [0.2, 0.25) is 0 Å². The van der Waals surface area contributed by atoms with Crippen molar-refractivity contribution >= 4 is 0 Å². The van der Waals surface area contributed by atoms with E-state index in [2.05, 4.69) is 25.8 Å². The van der Waals surface area contributed by atoms with E-state index >= 15 is 0 Å². The number of hydrogen-bond acceptors (Lipinski definition) is 3. The lowest BCUT2D eigenvalue weighted by molar-refractivity contribution is 0.0523. The van der Waals surface area contributed by atoms with Gasteiger partial charge in [-0.05, 0) is 43.6 Å². The van der Waals surface area contributed by atoms with Gasteiger partial charge in [0.2, 0.25) is 5.88 Å². The SMILES string of the molecule is CC1CC(Oc2ncccc2[C@H](C)N)CC(C)(C)C1. The summed E-state index contributed by atoms with van der Waals surface area (Å²) >= 11 is 0. The Hall–Kier alpha value is -1.09. The van der Waals surface area contributed by atoms with Crippen LogP contribution in [0.15, 0.2) is 18.3 Å². The van der Waals surface area contributed by atoms with E-state index in [0.717, 1.165) is 18.4 Å². The number of pyridine rings is 1. The first-order valence-corrected chi connectivity index (χ1v) is 7.24. The Kier molecular flexibility index (Phi) is 4.14. The molecule has 0 aromatic carbocycles. The van der Waals surface area contributed by atoms with Gasteiger partial charge in [-0.15, -0.1) is 0 Å². The van der Waals surface area contributed by atoms with Crippen molar-refractivity contribution in [3.63, 3.8) is 0 Å². The Morgan fingerprint density at radius 2 is 2.16 bits per heavy atom. The van der Waals surface area contributed by atoms with Crippen LogP contribution in [-0.4, -0.2) is 11.1 Å². The summed E-state index contributed by atoms with van der Waals surface area (Å²) < 4.78 is 6.16. The van der Waals surface area contributed by atoms with Gasteiger partial charge < -0.3 is 10.5 Å². The molecule has 3 atom stereocenters. The average molecular weight is 262 g/mol. The first-order valence-electron chi connectivity index (χ1n) is 7.24. The Labute approximate surface area is 116 Å². The van der Waals surface area contributed by atoms with Crippen molar-refractivity contribution in [2.75, 3.05) is 0 Å². The molecule has 0 radical (unpaired) electrons. The van der Waals surface area contributed by atoms with Crippen molar-refractivity contribution in [2.24, 2.45) is 17.1 Å². The molecule has 1 aromatic rings. The van der Waals surface area contributed by atoms with E-state index in [1.165, 1.54) is 6.42 Å². The molecule has 2 N–H and O–H groups in total. The molecule has 1 heterocycles. The van der Waals surface area contributed by atoms with Gasteiger partial charge in [-0.3, -0.25) is 0 Å². The Balaban J connectivity index is 2.13. The van der Waals surface area contributed by atoms with Crippen LogP contribution in [0.5, 0.6) is 5.88 Å². The maximum atomic E-state index is 6.16. The standard InChI is InChI=1S/C16H26N2O/c1-11-8-13(10-16(3,4)9-11)19-15-14(12(2)17)6-5-7-18-15/h5-7,11-13H,8-10,17H2,1-4H3/t11?,12-,13?/m0/s1. The molecule has 1 saturated carbocycles. The predicted molar refractivity (Wildman–Crippen MR) is 78.1 cm³/mol. The fourth-order valence-corrected chi connectivity index (χ4v) is 3.35. The molecule has 1 fully saturated rings. The predicted octanol–water partition coefficient (Wildman–Crippen LogP) is 3.69. The molecule has 1 aliphatic rings. The van der Waals surface area contributed by atoms with E-state index in [1.54, 1.807) is 6.20 Å². The van der Waals surface area contributed by atoms with Crippen LogP contribution in [-0.2, 0) is 0 Å². The Morgan fingerprint density at radius 3 is 2.79 bits per heavy atom. The number of nitrogens with zero attached hydrogens (tertiary/aromatic N) is 1. The highest BCUT2D eigenvalue weighted by Crippen LogP contribution is 2.40. The van der Waals surface area contributed by atoms with Crippen molar-refractivity contribution in [3.8, 4) is 5.88 Å². The minimum absolute atomic E-state index is 0.0438. The minimum atomic E-state index is -0.0438. The number of ether oxygens (including phenoxy) is 1. The highest BCUT2D eigenvalue weighted by Gasteiger charge is 2.33. The van der Waals surface area contributed by atoms with Crippen molar-refractivity contribution in [1.82, 2.24) is 4.98 Å². The largest absolute Gasteiger partial charge is 0.474 e. The molecule has 0 saturated heterocycles. The number of aromatic nitrogens is 1. The summed E-state index contributed by atoms with van der Waals surface area (Å²) in [5, 5.41) is 0. The Bertz CT molecular complexity index is 429. The van der Waals surface area contributed by atoms with E-state index in [1.807, 2.05) is 19.1 Å². The molecule has 3 heteroatoms. The van der Waals surface area contributed by atoms with Crippen LogP contribution in [0.3, 0.4) is 0 Å². The van der Waals surface area contributed by atoms with E-state index in [0.29, 0.717) is 17.2 Å². The van der Waals surface area contributed by atoms with Crippen LogP contribution in [0, 0.1) is 11.3 Å². The van der Waals surface area contributed by atoms with Gasteiger partial charge in [0.25, 0.3) is 0 Å². The molecule has 106 valence electrons. The molecule has 2 unspecified atom stereocenters. The van der Waals surface area contributed by atoms with Crippen LogP contribution < -0.4 is 10.5 Å². The number of rotatable bonds is 3. The number of hydrogen-bond donors (Lipinski definition) is 1. The highest BCUT2D eigenvalue weighted by atomic mass is 16.5. The maximum absolute atomic E-state index is 6.16. The van der Waals surface area contributed by atoms with Gasteiger partial charge in [0.1, 0.15) is 6.10 Å². The van der Waals surface area contributed by atoms with Crippen LogP contribution in [0.25, 0.3) is 0 Å². The van der Waals surface area contributed by atoms with Gasteiger partial charge in [0.15, 0.2) is 0 Å². The minimum Gasteiger partial charge on any atom is -0.474 e. The van der Waals surface area contributed by atoms with Crippen molar-refractivity contribution in [1.29, 1.82) is 0 Å². The smallest absolute Gasteiger partial charge is 0.218 e. The van der Waals surface area contributed by atoms with Gasteiger partial charge in [0.05, 0.1) is 0 Å². The third-order valence-corrected chi connectivity index (χ3v) is 3.92. The van der Waals surface area contributed by atoms with E-state index in [-0.39, 0.29) is 12.1 Å². The molecule has 2 rings (SSSR count). The molecule has 0 aliphatic heterocycles. The van der Waals surface area contributed by atoms with Crippen molar-refractivity contribution in [2.45, 2.75) is 59.1 Å². The summed E-state index contributed by atoms with van der Waals surface area (Å²) in [6.07, 6.45) is 5.50. The fraction of sp³-hybridized carbons (Fsp3) is 0.688. The summed E-state index contributed by atoms with van der Waals surface area (Å²) in [5.74, 6) is 1.42. The molecule has 0 spiro atoms. The van der Waals surface area contributed by atoms with Crippen LogP contribution in [0.1, 0.15) is 58.6 Å². The van der Waals surface area contributed by atoms with E-state index < -0.39 is 0 Å². The molecule has 0 bridgehead atoms. The summed E-state index contributed by atoms with van der Waals surface area (Å²) in [7, 11) is 0. The summed E-state index contributed by atoms with van der Waals surface area (Å²) in [5.41, 5.74) is 7.33. The topological polar surface area (TPSA) is 48.1 Å². The molecule has 1 aliphatic carbocycles. The highest BCUT2D eigenvalue weighted by molar-refractivity contribution is 5.28. The number of nitrogens with two attached hydrogens (primary N) is 1. The van der Waals surface area contributed by atoms with Gasteiger partial charge in [0, 0.05) is 17.8 Å². The molecule has 0 amide bonds. The molecular weight excluding hydrogens is 236 g/mol. The van der Waals surface area contributed by atoms with E-state index in [4.69, 9.17) is 10.5 Å². The van der Waals surface area contributed by atoms with Gasteiger partial charge in [-0.2, -0.15) is 0 Å². The third kappa shape index (κ3) is 3.69. The van der Waals surface area contributed by atoms with Gasteiger partial charge in [-0.25, -0.2) is 4.98 Å². The second-order valence-corrected chi connectivity index (χ2v) is 6.84. The maximum Gasteiger partial charge on any atom is 0.218 e. The summed E-state index contributed by atoms with van der Waals surface area (Å²) in [6.45, 7) is 8.92.